The Kier molecular flexibility index (Phi) is 5.97. The van der Waals surface area contributed by atoms with Gasteiger partial charge in [-0.2, -0.15) is 0 Å². The number of ether oxygens (including phenoxy) is 1. The van der Waals surface area contributed by atoms with E-state index in [1.54, 1.807) is 6.20 Å². The van der Waals surface area contributed by atoms with Crippen LogP contribution >= 0.6 is 0 Å². The summed E-state index contributed by atoms with van der Waals surface area (Å²) in [6, 6.07) is 14.7. The molecule has 0 amide bonds. The first kappa shape index (κ1) is 20.2. The number of benzene rings is 2. The molecule has 0 aliphatic rings. The van der Waals surface area contributed by atoms with E-state index in [4.69, 9.17) is 4.74 Å². The fourth-order valence-corrected chi connectivity index (χ4v) is 4.47. The van der Waals surface area contributed by atoms with Crippen LogP contribution in [0.3, 0.4) is 0 Å². The van der Waals surface area contributed by atoms with Gasteiger partial charge in [0.1, 0.15) is 11.3 Å². The van der Waals surface area contributed by atoms with Crippen molar-refractivity contribution in [2.24, 2.45) is 0 Å². The molecule has 0 bridgehead atoms. The van der Waals surface area contributed by atoms with Crippen LogP contribution < -0.4 is 9.46 Å². The highest BCUT2D eigenvalue weighted by atomic mass is 32.2. The molecular formula is C19H20N2O5S2. The zero-order valence-electron chi connectivity index (χ0n) is 15.2. The lowest BCUT2D eigenvalue weighted by Gasteiger charge is -2.10. The normalized spacial score (nSPS) is 12.2. The maximum atomic E-state index is 12.4. The van der Waals surface area contributed by atoms with Crippen LogP contribution in [0.25, 0.3) is 10.9 Å². The Labute approximate surface area is 164 Å². The third kappa shape index (κ3) is 4.86. The fourth-order valence-electron chi connectivity index (χ4n) is 2.61. The van der Waals surface area contributed by atoms with Gasteiger partial charge in [-0.15, -0.1) is 0 Å². The molecule has 1 aromatic heterocycles. The lowest BCUT2D eigenvalue weighted by molar-refractivity contribution is 0.314. The van der Waals surface area contributed by atoms with Crippen molar-refractivity contribution in [3.8, 4) is 5.75 Å². The molecule has 0 atom stereocenters. The van der Waals surface area contributed by atoms with Crippen molar-refractivity contribution >= 4 is 30.8 Å². The van der Waals surface area contributed by atoms with Crippen LogP contribution in [-0.4, -0.2) is 41.2 Å². The third-order valence-corrected chi connectivity index (χ3v) is 6.58. The highest BCUT2D eigenvalue weighted by molar-refractivity contribution is 7.91. The second-order valence-corrected chi connectivity index (χ2v) is 9.96. The summed E-state index contributed by atoms with van der Waals surface area (Å²) in [5.74, 6) is 0.641. The van der Waals surface area contributed by atoms with Gasteiger partial charge in [-0.25, -0.2) is 21.6 Å². The van der Waals surface area contributed by atoms with Crippen molar-refractivity contribution in [1.82, 2.24) is 9.71 Å². The minimum Gasteiger partial charge on any atom is -0.491 e. The van der Waals surface area contributed by atoms with Gasteiger partial charge < -0.3 is 4.74 Å². The Balaban J connectivity index is 1.57. The Morgan fingerprint density at radius 1 is 0.964 bits per heavy atom. The van der Waals surface area contributed by atoms with E-state index in [2.05, 4.69) is 9.71 Å². The molecule has 28 heavy (non-hydrogen) atoms. The molecule has 0 unspecified atom stereocenters. The molecule has 148 valence electrons. The van der Waals surface area contributed by atoms with Crippen molar-refractivity contribution in [1.29, 1.82) is 0 Å². The number of aromatic nitrogens is 1. The Hall–Kier alpha value is -2.49. The molecule has 3 aromatic rings. The number of sulfone groups is 1. The van der Waals surface area contributed by atoms with Crippen LogP contribution in [0.15, 0.2) is 70.6 Å². The van der Waals surface area contributed by atoms with E-state index < -0.39 is 19.9 Å². The molecule has 0 saturated heterocycles. The van der Waals surface area contributed by atoms with Gasteiger partial charge in [0.15, 0.2) is 9.84 Å². The smallest absolute Gasteiger partial charge is 0.240 e. The van der Waals surface area contributed by atoms with E-state index in [0.29, 0.717) is 18.8 Å². The highest BCUT2D eigenvalue weighted by Crippen LogP contribution is 2.23. The summed E-state index contributed by atoms with van der Waals surface area (Å²) in [4.78, 5) is 4.17. The van der Waals surface area contributed by atoms with E-state index in [-0.39, 0.29) is 16.3 Å². The van der Waals surface area contributed by atoms with Gasteiger partial charge in [-0.3, -0.25) is 4.98 Å². The minimum absolute atomic E-state index is 0.0397. The third-order valence-electron chi connectivity index (χ3n) is 4.01. The maximum Gasteiger partial charge on any atom is 0.240 e. The highest BCUT2D eigenvalue weighted by Gasteiger charge is 2.16. The van der Waals surface area contributed by atoms with Crippen LogP contribution in [-0.2, 0) is 19.9 Å². The van der Waals surface area contributed by atoms with Gasteiger partial charge in [-0.05, 0) is 36.8 Å². The summed E-state index contributed by atoms with van der Waals surface area (Å²) in [5.41, 5.74) is 0.753. The molecule has 2 aromatic carbocycles. The number of para-hydroxylation sites is 1. The van der Waals surface area contributed by atoms with E-state index >= 15 is 0 Å². The molecule has 0 aliphatic carbocycles. The lowest BCUT2D eigenvalue weighted by atomic mass is 10.2. The molecule has 0 aliphatic heterocycles. The summed E-state index contributed by atoms with van der Waals surface area (Å²) in [7, 11) is -7.29. The molecule has 0 spiro atoms. The van der Waals surface area contributed by atoms with Gasteiger partial charge >= 0.3 is 0 Å². The first-order valence-corrected chi connectivity index (χ1v) is 11.9. The van der Waals surface area contributed by atoms with Crippen molar-refractivity contribution < 1.29 is 21.6 Å². The first-order valence-electron chi connectivity index (χ1n) is 8.54. The van der Waals surface area contributed by atoms with E-state index in [9.17, 15) is 16.8 Å². The number of hydrogen-bond acceptors (Lipinski definition) is 6. The van der Waals surface area contributed by atoms with Crippen molar-refractivity contribution in [2.75, 3.05) is 19.4 Å². The van der Waals surface area contributed by atoms with Crippen LogP contribution in [0.1, 0.15) is 6.42 Å². The molecular weight excluding hydrogens is 400 g/mol. The monoisotopic (exact) mass is 420 g/mol. The number of fused-ring (bicyclic) bond motifs is 1. The van der Waals surface area contributed by atoms with E-state index in [1.807, 2.05) is 30.3 Å². The van der Waals surface area contributed by atoms with Gasteiger partial charge in [0.2, 0.25) is 10.0 Å². The summed E-state index contributed by atoms with van der Waals surface area (Å²) >= 11 is 0. The van der Waals surface area contributed by atoms with Gasteiger partial charge in [-0.1, -0.05) is 24.3 Å². The van der Waals surface area contributed by atoms with Crippen molar-refractivity contribution in [3.05, 3.63) is 60.8 Å². The molecule has 0 fully saturated rings. The summed E-state index contributed by atoms with van der Waals surface area (Å²) in [6.07, 6.45) is 3.16. The zero-order valence-corrected chi connectivity index (χ0v) is 16.8. The van der Waals surface area contributed by atoms with Crippen molar-refractivity contribution in [3.63, 3.8) is 0 Å². The summed E-state index contributed by atoms with van der Waals surface area (Å²) < 4.78 is 56.1. The molecule has 1 heterocycles. The minimum atomic E-state index is -3.81. The quantitative estimate of drug-likeness (QED) is 0.562. The maximum absolute atomic E-state index is 12.4. The first-order chi connectivity index (χ1) is 13.3. The average molecular weight is 421 g/mol. The summed E-state index contributed by atoms with van der Waals surface area (Å²) in [6.45, 7) is 0.464. The Morgan fingerprint density at radius 2 is 1.68 bits per heavy atom. The predicted molar refractivity (Wildman–Crippen MR) is 107 cm³/mol. The lowest BCUT2D eigenvalue weighted by Crippen LogP contribution is -2.26. The van der Waals surface area contributed by atoms with Gasteiger partial charge in [0.05, 0.1) is 16.4 Å². The second-order valence-electron chi connectivity index (χ2n) is 6.18. The SMILES string of the molecule is CS(=O)(=O)c1cccc(S(=O)(=O)NCCCOc2cccc3cccnc23)c1. The molecule has 1 N–H and O–H groups in total. The topological polar surface area (TPSA) is 102 Å². The van der Waals surface area contributed by atoms with Crippen LogP contribution in [0.4, 0.5) is 0 Å². The molecule has 9 heteroatoms. The van der Waals surface area contributed by atoms with Crippen LogP contribution in [0.2, 0.25) is 0 Å². The molecule has 0 saturated carbocycles. The predicted octanol–water partition coefficient (Wildman–Crippen LogP) is 2.39. The summed E-state index contributed by atoms with van der Waals surface area (Å²) in [5, 5.41) is 0.964. The van der Waals surface area contributed by atoms with Gasteiger partial charge in [0, 0.05) is 24.4 Å². The molecule has 0 radical (unpaired) electrons. The molecule has 7 nitrogen and oxygen atoms in total. The standard InChI is InChI=1S/C19H20N2O5S2/c1-27(22,23)16-8-3-9-17(14-16)28(24,25)21-12-5-13-26-18-10-2-6-15-7-4-11-20-19(15)18/h2-4,6-11,14,21H,5,12-13H2,1H3. The van der Waals surface area contributed by atoms with E-state index in [1.165, 1.54) is 18.2 Å². The largest absolute Gasteiger partial charge is 0.491 e. The number of hydrogen-bond donors (Lipinski definition) is 1. The van der Waals surface area contributed by atoms with Crippen LogP contribution in [0, 0.1) is 0 Å². The number of nitrogens with zero attached hydrogens (tertiary/aromatic N) is 1. The average Bonchev–Trinajstić information content (AvgIpc) is 2.67. The fraction of sp³-hybridized carbons (Fsp3) is 0.211. The van der Waals surface area contributed by atoms with Crippen molar-refractivity contribution in [2.45, 2.75) is 16.2 Å². The van der Waals surface area contributed by atoms with Gasteiger partial charge in [0.25, 0.3) is 0 Å². The van der Waals surface area contributed by atoms with Crippen LogP contribution in [0.5, 0.6) is 5.75 Å². The zero-order chi connectivity index (χ0) is 20.2. The Bertz CT molecular complexity index is 1190. The second kappa shape index (κ2) is 8.26. The number of rotatable bonds is 8. The number of pyridine rings is 1. The van der Waals surface area contributed by atoms with E-state index in [0.717, 1.165) is 23.2 Å². The molecule has 3 rings (SSSR count). The number of nitrogens with one attached hydrogen (secondary N) is 1. The Morgan fingerprint density at radius 3 is 2.46 bits per heavy atom. The number of sulfonamides is 1.